The molecule has 0 saturated heterocycles. The van der Waals surface area contributed by atoms with Gasteiger partial charge in [-0.15, -0.1) is 0 Å². The van der Waals surface area contributed by atoms with E-state index in [-0.39, 0.29) is 32.7 Å². The van der Waals surface area contributed by atoms with Crippen molar-refractivity contribution in [2.24, 2.45) is 15.8 Å². The van der Waals surface area contributed by atoms with Gasteiger partial charge in [-0.3, -0.25) is 4.99 Å². The molecule has 0 saturated carbocycles. The van der Waals surface area contributed by atoms with E-state index < -0.39 is 0 Å². The summed E-state index contributed by atoms with van der Waals surface area (Å²) < 4.78 is 4.32. The fourth-order valence-electron chi connectivity index (χ4n) is 3.50. The van der Waals surface area contributed by atoms with E-state index in [4.69, 9.17) is 0 Å². The predicted octanol–water partition coefficient (Wildman–Crippen LogP) is 12.8. The molecule has 5 heteroatoms. The van der Waals surface area contributed by atoms with Crippen LogP contribution in [0.3, 0.4) is 0 Å². The van der Waals surface area contributed by atoms with Crippen molar-refractivity contribution in [1.29, 1.82) is 0 Å². The minimum absolute atomic E-state index is 0.135. The first-order valence-corrected chi connectivity index (χ1v) is 17.5. The Balaban J connectivity index is -0.000000541. The number of imidazole rings is 2. The van der Waals surface area contributed by atoms with Crippen molar-refractivity contribution in [3.05, 3.63) is 48.2 Å². The second-order valence-corrected chi connectivity index (χ2v) is 17.1. The maximum absolute atomic E-state index is 4.51. The quantitative estimate of drug-likeness (QED) is 0.291. The summed E-state index contributed by atoms with van der Waals surface area (Å²) in [6.45, 7) is 51.6. The zero-order valence-electron chi connectivity index (χ0n) is 34.8. The van der Waals surface area contributed by atoms with Gasteiger partial charge in [-0.25, -0.2) is 9.97 Å². The third-order valence-corrected chi connectivity index (χ3v) is 6.81. The SMILES string of the molecule is CC.CC.CC.CC(C)(C)C1=CN=C(C(C)(C)C)C1.CC(C)(C)c1cn(C(C)(C)C)cn1.CC(C)(C)c1cn(C(C)(C)C)cn1. The summed E-state index contributed by atoms with van der Waals surface area (Å²) in [7, 11) is 0. The van der Waals surface area contributed by atoms with E-state index in [1.54, 1.807) is 0 Å². The maximum Gasteiger partial charge on any atom is 0.0954 e. The molecule has 0 unspecified atom stereocenters. The van der Waals surface area contributed by atoms with Crippen LogP contribution in [0.4, 0.5) is 0 Å². The number of hydrogen-bond acceptors (Lipinski definition) is 3. The minimum atomic E-state index is 0.135. The lowest BCUT2D eigenvalue weighted by Gasteiger charge is -2.23. The van der Waals surface area contributed by atoms with Gasteiger partial charge in [0, 0.05) is 58.0 Å². The van der Waals surface area contributed by atoms with E-state index in [1.165, 1.54) is 11.3 Å². The molecule has 0 radical (unpaired) electrons. The molecule has 0 spiro atoms. The summed E-state index contributed by atoms with van der Waals surface area (Å²) in [5.41, 5.74) is 6.15. The van der Waals surface area contributed by atoms with Crippen molar-refractivity contribution in [1.82, 2.24) is 19.1 Å². The Morgan fingerprint density at radius 3 is 0.911 bits per heavy atom. The Hall–Kier alpha value is -2.17. The molecule has 2 aromatic heterocycles. The topological polar surface area (TPSA) is 48.0 Å². The molecule has 3 heterocycles. The fourth-order valence-corrected chi connectivity index (χ4v) is 3.50. The van der Waals surface area contributed by atoms with Crippen LogP contribution in [0.25, 0.3) is 0 Å². The molecule has 45 heavy (non-hydrogen) atoms. The van der Waals surface area contributed by atoms with Gasteiger partial charge < -0.3 is 9.13 Å². The number of hydrogen-bond donors (Lipinski definition) is 0. The van der Waals surface area contributed by atoms with Crippen molar-refractivity contribution >= 4 is 5.71 Å². The van der Waals surface area contributed by atoms with Gasteiger partial charge in [0.2, 0.25) is 0 Å². The molecule has 1 aliphatic rings. The molecular formula is C40H79N5. The molecule has 5 nitrogen and oxygen atoms in total. The zero-order chi connectivity index (χ0) is 36.8. The van der Waals surface area contributed by atoms with Crippen LogP contribution >= 0.6 is 0 Å². The van der Waals surface area contributed by atoms with Gasteiger partial charge in [0.05, 0.1) is 24.0 Å². The molecule has 0 N–H and O–H groups in total. The number of aliphatic imine (C=N–C) groups is 1. The van der Waals surface area contributed by atoms with Crippen molar-refractivity contribution in [2.75, 3.05) is 0 Å². The van der Waals surface area contributed by atoms with Crippen molar-refractivity contribution in [3.8, 4) is 0 Å². The monoisotopic (exact) mass is 630 g/mol. The first-order chi connectivity index (χ1) is 20.1. The van der Waals surface area contributed by atoms with Gasteiger partial charge in [-0.1, -0.05) is 125 Å². The summed E-state index contributed by atoms with van der Waals surface area (Å²) >= 11 is 0. The lowest BCUT2D eigenvalue weighted by molar-refractivity contribution is 0.395. The molecule has 0 amide bonds. The van der Waals surface area contributed by atoms with E-state index in [9.17, 15) is 0 Å². The molecule has 3 rings (SSSR count). The van der Waals surface area contributed by atoms with Gasteiger partial charge >= 0.3 is 0 Å². The highest BCUT2D eigenvalue weighted by Crippen LogP contribution is 2.35. The Morgan fingerprint density at radius 2 is 0.778 bits per heavy atom. The molecule has 0 atom stereocenters. The Bertz CT molecular complexity index is 967. The second-order valence-electron chi connectivity index (χ2n) is 17.1. The lowest BCUT2D eigenvalue weighted by atomic mass is 9.80. The largest absolute Gasteiger partial charge is 0.332 e. The Morgan fingerprint density at radius 1 is 0.467 bits per heavy atom. The van der Waals surface area contributed by atoms with Crippen LogP contribution in [-0.2, 0) is 21.9 Å². The van der Waals surface area contributed by atoms with Crippen LogP contribution in [0.5, 0.6) is 0 Å². The molecule has 0 fully saturated rings. The highest BCUT2D eigenvalue weighted by atomic mass is 15.1. The summed E-state index contributed by atoms with van der Waals surface area (Å²) in [6, 6.07) is 0. The van der Waals surface area contributed by atoms with E-state index >= 15 is 0 Å². The van der Waals surface area contributed by atoms with Crippen LogP contribution < -0.4 is 0 Å². The summed E-state index contributed by atoms with van der Waals surface area (Å²) in [5, 5.41) is 0. The second kappa shape index (κ2) is 18.8. The third kappa shape index (κ3) is 17.9. The number of allylic oxidation sites excluding steroid dienone is 1. The number of nitrogens with zero attached hydrogens (tertiary/aromatic N) is 5. The number of aromatic nitrogens is 4. The average molecular weight is 630 g/mol. The fraction of sp³-hybridized carbons (Fsp3) is 0.775. The van der Waals surface area contributed by atoms with Crippen LogP contribution in [0.15, 0.2) is 41.8 Å². The summed E-state index contributed by atoms with van der Waals surface area (Å²) in [4.78, 5) is 13.3. The smallest absolute Gasteiger partial charge is 0.0954 e. The Labute approximate surface area is 282 Å². The highest BCUT2D eigenvalue weighted by Gasteiger charge is 2.28. The van der Waals surface area contributed by atoms with Gasteiger partial charge in [0.1, 0.15) is 0 Å². The molecule has 264 valence electrons. The lowest BCUT2D eigenvalue weighted by Crippen LogP contribution is -2.20. The molecule has 1 aliphatic heterocycles. The standard InChI is InChI=1S/C12H21N.2C11H20N2.3C2H6/c1-11(2,3)9-7-10(13-8-9)12(4,5)6;2*1-10(2,3)9-7-13(8-12-9)11(4,5)6;3*1-2/h8H,7H2,1-6H3;2*7-8H,1-6H3;3*1-2H3. The highest BCUT2D eigenvalue weighted by molar-refractivity contribution is 5.93. The number of rotatable bonds is 0. The molecule has 0 bridgehead atoms. The van der Waals surface area contributed by atoms with Gasteiger partial charge in [-0.2, -0.15) is 0 Å². The van der Waals surface area contributed by atoms with Crippen molar-refractivity contribution in [2.45, 2.75) is 194 Å². The van der Waals surface area contributed by atoms with E-state index in [0.29, 0.717) is 0 Å². The first-order valence-electron chi connectivity index (χ1n) is 17.5. The predicted molar refractivity (Wildman–Crippen MR) is 205 cm³/mol. The normalized spacial score (nSPS) is 13.5. The first kappa shape index (κ1) is 47.2. The van der Waals surface area contributed by atoms with E-state index in [0.717, 1.165) is 17.8 Å². The average Bonchev–Trinajstić information content (AvgIpc) is 3.67. The van der Waals surface area contributed by atoms with Crippen molar-refractivity contribution < 1.29 is 0 Å². The van der Waals surface area contributed by atoms with Gasteiger partial charge in [0.15, 0.2) is 0 Å². The van der Waals surface area contributed by atoms with E-state index in [2.05, 4.69) is 167 Å². The molecule has 2 aromatic rings. The summed E-state index contributed by atoms with van der Waals surface area (Å²) in [6.07, 6.45) is 11.2. The van der Waals surface area contributed by atoms with Gasteiger partial charge in [-0.05, 0) is 52.5 Å². The van der Waals surface area contributed by atoms with Crippen molar-refractivity contribution in [3.63, 3.8) is 0 Å². The summed E-state index contributed by atoms with van der Waals surface area (Å²) in [5.74, 6) is 0. The minimum Gasteiger partial charge on any atom is -0.332 e. The molecular weight excluding hydrogens is 550 g/mol. The van der Waals surface area contributed by atoms with Crippen LogP contribution in [0.2, 0.25) is 0 Å². The zero-order valence-corrected chi connectivity index (χ0v) is 34.8. The molecule has 0 aliphatic carbocycles. The van der Waals surface area contributed by atoms with Crippen LogP contribution in [0.1, 0.15) is 184 Å². The van der Waals surface area contributed by atoms with Gasteiger partial charge in [0.25, 0.3) is 0 Å². The third-order valence-electron chi connectivity index (χ3n) is 6.81. The molecule has 0 aromatic carbocycles. The van der Waals surface area contributed by atoms with Crippen LogP contribution in [-0.4, -0.2) is 24.8 Å². The van der Waals surface area contributed by atoms with Crippen LogP contribution in [0, 0.1) is 10.8 Å². The van der Waals surface area contributed by atoms with E-state index in [1.807, 2.05) is 54.2 Å². The maximum atomic E-state index is 4.51. The Kier molecular flexibility index (Phi) is 19.8.